The highest BCUT2D eigenvalue weighted by molar-refractivity contribution is 6.05. The number of hydrogen-bond acceptors (Lipinski definition) is 3. The zero-order valence-electron chi connectivity index (χ0n) is 9.43. The van der Waals surface area contributed by atoms with Crippen LogP contribution in [0.4, 0.5) is 0 Å². The van der Waals surface area contributed by atoms with Gasteiger partial charge < -0.3 is 0 Å². The van der Waals surface area contributed by atoms with Gasteiger partial charge >= 0.3 is 0 Å². The van der Waals surface area contributed by atoms with Crippen molar-refractivity contribution >= 4 is 11.8 Å². The summed E-state index contributed by atoms with van der Waals surface area (Å²) in [5.41, 5.74) is 0.321. The predicted molar refractivity (Wildman–Crippen MR) is 58.2 cm³/mol. The molecule has 0 saturated carbocycles. The molecule has 0 radical (unpaired) electrons. The van der Waals surface area contributed by atoms with Gasteiger partial charge in [0.2, 0.25) is 11.8 Å². The lowest BCUT2D eigenvalue weighted by Crippen LogP contribution is -2.32. The molecular weight excluding hydrogens is 204 g/mol. The monoisotopic (exact) mass is 218 g/mol. The molecule has 1 aromatic heterocycles. The zero-order chi connectivity index (χ0) is 11.8. The van der Waals surface area contributed by atoms with Crippen LogP contribution in [0.15, 0.2) is 24.5 Å². The van der Waals surface area contributed by atoms with Crippen LogP contribution in [-0.2, 0) is 16.1 Å². The molecule has 0 bridgehead atoms. The smallest absolute Gasteiger partial charge is 0.235 e. The second-order valence-corrected chi connectivity index (χ2v) is 4.71. The van der Waals surface area contributed by atoms with Crippen molar-refractivity contribution in [3.8, 4) is 0 Å². The normalized spacial score (nSPS) is 19.2. The van der Waals surface area contributed by atoms with Gasteiger partial charge in [0.25, 0.3) is 0 Å². The molecule has 2 heterocycles. The first kappa shape index (κ1) is 10.8. The number of carbonyl (C=O) groups excluding carboxylic acids is 2. The molecule has 0 unspecified atom stereocenters. The van der Waals surface area contributed by atoms with E-state index in [9.17, 15) is 9.59 Å². The van der Waals surface area contributed by atoms with Crippen molar-refractivity contribution in [3.63, 3.8) is 0 Å². The number of carbonyl (C=O) groups is 2. The summed E-state index contributed by atoms with van der Waals surface area (Å²) in [5, 5.41) is 0. The van der Waals surface area contributed by atoms with Crippen molar-refractivity contribution in [2.24, 2.45) is 5.41 Å². The van der Waals surface area contributed by atoms with E-state index in [2.05, 4.69) is 4.98 Å². The van der Waals surface area contributed by atoms with Gasteiger partial charge in [-0.05, 0) is 11.6 Å². The van der Waals surface area contributed by atoms with Crippen molar-refractivity contribution in [2.75, 3.05) is 0 Å². The molecule has 16 heavy (non-hydrogen) atoms. The number of amides is 2. The van der Waals surface area contributed by atoms with Crippen molar-refractivity contribution in [3.05, 3.63) is 30.1 Å². The van der Waals surface area contributed by atoms with Gasteiger partial charge in [0.1, 0.15) is 0 Å². The van der Waals surface area contributed by atoms with Crippen molar-refractivity contribution < 1.29 is 9.59 Å². The average molecular weight is 218 g/mol. The molecule has 0 spiro atoms. The lowest BCUT2D eigenvalue weighted by atomic mass is 9.92. The van der Waals surface area contributed by atoms with Crippen LogP contribution in [0.3, 0.4) is 0 Å². The first-order valence-corrected chi connectivity index (χ1v) is 5.24. The van der Waals surface area contributed by atoms with Crippen molar-refractivity contribution in [1.82, 2.24) is 9.88 Å². The van der Waals surface area contributed by atoms with Gasteiger partial charge in [-0.15, -0.1) is 0 Å². The fourth-order valence-corrected chi connectivity index (χ4v) is 1.86. The number of pyridine rings is 1. The third kappa shape index (κ3) is 1.83. The number of likely N-dealkylation sites (tertiary alicyclic amines) is 1. The predicted octanol–water partition coefficient (Wildman–Crippen LogP) is 1.37. The Balaban J connectivity index is 2.18. The molecule has 84 valence electrons. The molecule has 0 atom stereocenters. The van der Waals surface area contributed by atoms with Gasteiger partial charge in [0, 0.05) is 18.8 Å². The molecule has 1 aliphatic heterocycles. The van der Waals surface area contributed by atoms with E-state index in [0.29, 0.717) is 13.0 Å². The number of imide groups is 1. The van der Waals surface area contributed by atoms with Gasteiger partial charge in [-0.25, -0.2) is 0 Å². The largest absolute Gasteiger partial charge is 0.278 e. The van der Waals surface area contributed by atoms with Crippen molar-refractivity contribution in [1.29, 1.82) is 0 Å². The molecule has 2 amide bonds. The first-order chi connectivity index (χ1) is 7.50. The maximum absolute atomic E-state index is 11.9. The number of nitrogens with zero attached hydrogens (tertiary/aromatic N) is 2. The Kier molecular flexibility index (Phi) is 2.50. The molecule has 1 fully saturated rings. The molecule has 1 aliphatic rings. The van der Waals surface area contributed by atoms with E-state index in [-0.39, 0.29) is 11.8 Å². The van der Waals surface area contributed by atoms with Crippen LogP contribution in [0.5, 0.6) is 0 Å². The molecule has 1 saturated heterocycles. The molecule has 1 aromatic rings. The Morgan fingerprint density at radius 3 is 2.69 bits per heavy atom. The average Bonchev–Trinajstić information content (AvgIpc) is 2.42. The summed E-state index contributed by atoms with van der Waals surface area (Å²) in [5.74, 6) is -0.194. The Morgan fingerprint density at radius 2 is 2.19 bits per heavy atom. The molecule has 2 rings (SSSR count). The molecule has 4 heteroatoms. The van der Waals surface area contributed by atoms with Gasteiger partial charge in [-0.3, -0.25) is 19.5 Å². The van der Waals surface area contributed by atoms with E-state index in [1.165, 1.54) is 4.90 Å². The molecule has 0 aromatic carbocycles. The van der Waals surface area contributed by atoms with E-state index < -0.39 is 5.41 Å². The highest BCUT2D eigenvalue weighted by Gasteiger charge is 2.44. The fourth-order valence-electron chi connectivity index (χ4n) is 1.86. The molecule has 0 N–H and O–H groups in total. The van der Waals surface area contributed by atoms with Gasteiger partial charge in [-0.2, -0.15) is 0 Å². The van der Waals surface area contributed by atoms with Crippen LogP contribution < -0.4 is 0 Å². The Bertz CT molecular complexity index is 426. The highest BCUT2D eigenvalue weighted by Crippen LogP contribution is 2.32. The third-order valence-electron chi connectivity index (χ3n) is 2.78. The topological polar surface area (TPSA) is 50.3 Å². The minimum Gasteiger partial charge on any atom is -0.278 e. The maximum Gasteiger partial charge on any atom is 0.235 e. The zero-order valence-corrected chi connectivity index (χ0v) is 9.43. The van der Waals surface area contributed by atoms with E-state index in [4.69, 9.17) is 0 Å². The highest BCUT2D eigenvalue weighted by atomic mass is 16.2. The van der Waals surface area contributed by atoms with Crippen molar-refractivity contribution in [2.45, 2.75) is 26.8 Å². The van der Waals surface area contributed by atoms with Crippen LogP contribution in [-0.4, -0.2) is 21.7 Å². The Labute approximate surface area is 94.3 Å². The molecular formula is C12H14N2O2. The summed E-state index contributed by atoms with van der Waals surface area (Å²) in [6.45, 7) is 3.93. The van der Waals surface area contributed by atoms with Crippen LogP contribution in [0.1, 0.15) is 25.8 Å². The Hall–Kier alpha value is -1.71. The van der Waals surface area contributed by atoms with Gasteiger partial charge in [0.05, 0.1) is 12.0 Å². The number of hydrogen-bond donors (Lipinski definition) is 0. The maximum atomic E-state index is 11.9. The second-order valence-electron chi connectivity index (χ2n) is 4.71. The summed E-state index contributed by atoms with van der Waals surface area (Å²) in [7, 11) is 0. The minimum atomic E-state index is -0.556. The third-order valence-corrected chi connectivity index (χ3v) is 2.78. The summed E-state index contributed by atoms with van der Waals surface area (Å²) in [4.78, 5) is 28.9. The summed E-state index contributed by atoms with van der Waals surface area (Å²) in [6, 6.07) is 3.66. The van der Waals surface area contributed by atoms with Crippen LogP contribution in [0, 0.1) is 5.41 Å². The van der Waals surface area contributed by atoms with E-state index in [1.54, 1.807) is 32.3 Å². The standard InChI is InChI=1S/C12H14N2O2/c1-12(2)6-10(15)14(11(12)16)8-9-4-3-5-13-7-9/h3-5,7H,6,8H2,1-2H3. The van der Waals surface area contributed by atoms with Gasteiger partial charge in [-0.1, -0.05) is 19.9 Å². The lowest BCUT2D eigenvalue weighted by molar-refractivity contribution is -0.141. The minimum absolute atomic E-state index is 0.0960. The summed E-state index contributed by atoms with van der Waals surface area (Å²) < 4.78 is 0. The van der Waals surface area contributed by atoms with E-state index in [1.807, 2.05) is 6.07 Å². The SMILES string of the molecule is CC1(C)CC(=O)N(Cc2cccnc2)C1=O. The fraction of sp³-hybridized carbons (Fsp3) is 0.417. The van der Waals surface area contributed by atoms with E-state index >= 15 is 0 Å². The summed E-state index contributed by atoms with van der Waals surface area (Å²) in [6.07, 6.45) is 3.64. The Morgan fingerprint density at radius 1 is 1.44 bits per heavy atom. The van der Waals surface area contributed by atoms with Crippen LogP contribution >= 0.6 is 0 Å². The van der Waals surface area contributed by atoms with Crippen LogP contribution in [0.25, 0.3) is 0 Å². The number of aromatic nitrogens is 1. The quantitative estimate of drug-likeness (QED) is 0.704. The first-order valence-electron chi connectivity index (χ1n) is 5.24. The molecule has 4 nitrogen and oxygen atoms in total. The van der Waals surface area contributed by atoms with Crippen LogP contribution in [0.2, 0.25) is 0 Å². The number of rotatable bonds is 2. The van der Waals surface area contributed by atoms with E-state index in [0.717, 1.165) is 5.56 Å². The molecule has 0 aliphatic carbocycles. The summed E-state index contributed by atoms with van der Waals surface area (Å²) >= 11 is 0. The van der Waals surface area contributed by atoms with Gasteiger partial charge in [0.15, 0.2) is 0 Å². The lowest BCUT2D eigenvalue weighted by Gasteiger charge is -2.17. The second kappa shape index (κ2) is 3.70.